The molecule has 0 unspecified atom stereocenters. The first-order valence-electron chi connectivity index (χ1n) is 11.0. The lowest BCUT2D eigenvalue weighted by atomic mass is 10.0. The largest absolute Gasteiger partial charge is 0.364 e. The number of aromatic nitrogens is 3. The summed E-state index contributed by atoms with van der Waals surface area (Å²) in [6.45, 7) is 2.88. The number of nitrogens with two attached hydrogens (primary N) is 1. The first-order chi connectivity index (χ1) is 16.4. The van der Waals surface area contributed by atoms with Gasteiger partial charge in [-0.25, -0.2) is 23.4 Å². The molecule has 1 amide bonds. The molecule has 3 aromatic rings. The summed E-state index contributed by atoms with van der Waals surface area (Å²) in [5, 5.41) is 4.53. The van der Waals surface area contributed by atoms with Crippen molar-refractivity contribution in [1.29, 1.82) is 0 Å². The predicted octanol–water partition coefficient (Wildman–Crippen LogP) is 3.66. The maximum atomic E-state index is 14.7. The quantitative estimate of drug-likeness (QED) is 0.624. The number of aliphatic imine (C=N–C) groups is 1. The van der Waals surface area contributed by atoms with Crippen molar-refractivity contribution in [3.63, 3.8) is 0 Å². The summed E-state index contributed by atoms with van der Waals surface area (Å²) >= 11 is 0. The normalized spacial score (nSPS) is 17.6. The summed E-state index contributed by atoms with van der Waals surface area (Å²) in [6.07, 6.45) is 8.24. The smallest absolute Gasteiger partial charge is 0.269 e. The second kappa shape index (κ2) is 8.69. The van der Waals surface area contributed by atoms with E-state index in [9.17, 15) is 13.6 Å². The Morgan fingerprint density at radius 1 is 1.21 bits per heavy atom. The van der Waals surface area contributed by atoms with Crippen LogP contribution >= 0.6 is 0 Å². The molecular formula is C24H23F2N7O. The molecule has 1 fully saturated rings. The predicted molar refractivity (Wildman–Crippen MR) is 125 cm³/mol. The number of primary amides is 1. The van der Waals surface area contributed by atoms with E-state index >= 15 is 0 Å². The summed E-state index contributed by atoms with van der Waals surface area (Å²) in [5.74, 6) is -0.903. The molecule has 1 aromatic carbocycles. The van der Waals surface area contributed by atoms with Gasteiger partial charge in [-0.2, -0.15) is 5.10 Å². The van der Waals surface area contributed by atoms with Crippen LogP contribution in [0.1, 0.15) is 40.6 Å². The Morgan fingerprint density at radius 3 is 2.82 bits per heavy atom. The van der Waals surface area contributed by atoms with Gasteiger partial charge in [0.2, 0.25) is 0 Å². The lowest BCUT2D eigenvalue weighted by Gasteiger charge is -2.30. The first-order valence-corrected chi connectivity index (χ1v) is 11.0. The number of aryl methyl sites for hydroxylation is 1. The lowest BCUT2D eigenvalue weighted by Crippen LogP contribution is -2.30. The van der Waals surface area contributed by atoms with Crippen LogP contribution in [0.5, 0.6) is 0 Å². The van der Waals surface area contributed by atoms with E-state index in [2.05, 4.69) is 15.1 Å². The third-order valence-electron chi connectivity index (χ3n) is 6.04. The van der Waals surface area contributed by atoms with Crippen LogP contribution in [0.3, 0.4) is 0 Å². The average Bonchev–Trinajstić information content (AvgIpc) is 3.50. The van der Waals surface area contributed by atoms with Gasteiger partial charge in [-0.05, 0) is 50.1 Å². The highest BCUT2D eigenvalue weighted by atomic mass is 19.1. The molecule has 2 aromatic heterocycles. The molecule has 34 heavy (non-hydrogen) atoms. The standard InChI is InChI=1S/C24H23F2N7O/c1-15-12-20(23(22(30-15)24(27)34)31-10-3-8-28-14-31)33-21(7-9-29-33)32-11-2-4-19(32)17-13-16(25)5-6-18(17)26/h3,5-9,12-14,19H,2,4,10-11H2,1H3,(H2,27,34)/t19-/m1/s1. The molecule has 2 aliphatic heterocycles. The van der Waals surface area contributed by atoms with Crippen LogP contribution in [-0.2, 0) is 0 Å². The maximum absolute atomic E-state index is 14.7. The van der Waals surface area contributed by atoms with Crippen LogP contribution in [0.15, 0.2) is 53.8 Å². The monoisotopic (exact) mass is 463 g/mol. The first kappa shape index (κ1) is 21.7. The van der Waals surface area contributed by atoms with E-state index in [1.54, 1.807) is 35.2 Å². The van der Waals surface area contributed by atoms with E-state index in [-0.39, 0.29) is 11.7 Å². The Hall–Kier alpha value is -4.08. The molecule has 0 bridgehead atoms. The molecule has 2 N–H and O–H groups in total. The van der Waals surface area contributed by atoms with E-state index < -0.39 is 17.5 Å². The summed E-state index contributed by atoms with van der Waals surface area (Å²) in [7, 11) is 0. The van der Waals surface area contributed by atoms with E-state index in [1.165, 1.54) is 6.07 Å². The second-order valence-electron chi connectivity index (χ2n) is 8.26. The number of benzene rings is 1. The molecule has 1 saturated heterocycles. The number of anilines is 2. The molecule has 1 atom stereocenters. The Labute approximate surface area is 195 Å². The molecule has 0 radical (unpaired) electrons. The van der Waals surface area contributed by atoms with Crippen LogP contribution in [0.4, 0.5) is 20.3 Å². The van der Waals surface area contributed by atoms with Crippen LogP contribution < -0.4 is 15.5 Å². The number of pyridine rings is 1. The van der Waals surface area contributed by atoms with E-state index in [0.29, 0.717) is 48.0 Å². The van der Waals surface area contributed by atoms with Crippen molar-refractivity contribution in [2.24, 2.45) is 10.7 Å². The van der Waals surface area contributed by atoms with Crippen LogP contribution in [0.2, 0.25) is 0 Å². The topological polar surface area (TPSA) is 92.6 Å². The molecule has 0 saturated carbocycles. The number of nitrogens with zero attached hydrogens (tertiary/aromatic N) is 6. The van der Waals surface area contributed by atoms with E-state index in [1.807, 2.05) is 23.1 Å². The van der Waals surface area contributed by atoms with Gasteiger partial charge >= 0.3 is 0 Å². The fourth-order valence-electron chi connectivity index (χ4n) is 4.64. The highest BCUT2D eigenvalue weighted by Gasteiger charge is 2.32. The van der Waals surface area contributed by atoms with Gasteiger partial charge < -0.3 is 15.5 Å². The minimum absolute atomic E-state index is 0.104. The highest BCUT2D eigenvalue weighted by Crippen LogP contribution is 2.39. The molecule has 0 aliphatic carbocycles. The van der Waals surface area contributed by atoms with Crippen molar-refractivity contribution in [3.8, 4) is 5.69 Å². The molecule has 4 heterocycles. The zero-order valence-corrected chi connectivity index (χ0v) is 18.5. The van der Waals surface area contributed by atoms with E-state index in [0.717, 1.165) is 18.6 Å². The summed E-state index contributed by atoms with van der Waals surface area (Å²) in [6, 6.07) is 6.82. The summed E-state index contributed by atoms with van der Waals surface area (Å²) in [5.41, 5.74) is 7.76. The van der Waals surface area contributed by atoms with Crippen molar-refractivity contribution in [2.45, 2.75) is 25.8 Å². The average molecular weight is 463 g/mol. The molecule has 174 valence electrons. The molecule has 10 heteroatoms. The van der Waals surface area contributed by atoms with Gasteiger partial charge in [-0.15, -0.1) is 0 Å². The molecular weight excluding hydrogens is 440 g/mol. The molecule has 2 aliphatic rings. The zero-order chi connectivity index (χ0) is 23.8. The third-order valence-corrected chi connectivity index (χ3v) is 6.04. The Morgan fingerprint density at radius 2 is 2.06 bits per heavy atom. The van der Waals surface area contributed by atoms with Gasteiger partial charge in [0.25, 0.3) is 5.91 Å². The van der Waals surface area contributed by atoms with Gasteiger partial charge in [0.15, 0.2) is 5.69 Å². The van der Waals surface area contributed by atoms with Gasteiger partial charge in [0.1, 0.15) is 23.1 Å². The number of hydrogen-bond acceptors (Lipinski definition) is 6. The van der Waals surface area contributed by atoms with Crippen LogP contribution in [0.25, 0.3) is 5.69 Å². The SMILES string of the molecule is Cc1cc(-n2nccc2N2CCC[C@@H]2c2cc(F)ccc2F)c(N2C=NC=CC2)c(C(N)=O)n1. The lowest BCUT2D eigenvalue weighted by molar-refractivity contribution is 0.0996. The van der Waals surface area contributed by atoms with E-state index in [4.69, 9.17) is 5.73 Å². The summed E-state index contributed by atoms with van der Waals surface area (Å²) in [4.78, 5) is 24.7. The van der Waals surface area contributed by atoms with Crippen molar-refractivity contribution in [1.82, 2.24) is 14.8 Å². The van der Waals surface area contributed by atoms with Crippen molar-refractivity contribution in [3.05, 3.63) is 77.4 Å². The minimum Gasteiger partial charge on any atom is -0.364 e. The molecule has 8 nitrogen and oxygen atoms in total. The number of halogens is 2. The fraction of sp³-hybridized carbons (Fsp3) is 0.250. The highest BCUT2D eigenvalue weighted by molar-refractivity contribution is 6.02. The number of hydrogen-bond donors (Lipinski definition) is 1. The maximum Gasteiger partial charge on any atom is 0.269 e. The Kier molecular flexibility index (Phi) is 5.56. The third kappa shape index (κ3) is 3.81. The van der Waals surface area contributed by atoms with Crippen LogP contribution in [0, 0.1) is 18.6 Å². The minimum atomic E-state index is -0.669. The number of rotatable bonds is 5. The number of carbonyl (C=O) groups is 1. The number of carbonyl (C=O) groups excluding carboxylic acids is 1. The Balaban J connectivity index is 1.65. The zero-order valence-electron chi connectivity index (χ0n) is 18.5. The number of amides is 1. The van der Waals surface area contributed by atoms with Gasteiger partial charge in [-0.3, -0.25) is 4.79 Å². The van der Waals surface area contributed by atoms with Crippen molar-refractivity contribution >= 4 is 23.8 Å². The second-order valence-corrected chi connectivity index (χ2v) is 8.26. The molecule has 5 rings (SSSR count). The van der Waals surface area contributed by atoms with Crippen molar-refractivity contribution < 1.29 is 13.6 Å². The van der Waals surface area contributed by atoms with Gasteiger partial charge in [0.05, 0.1) is 24.3 Å². The van der Waals surface area contributed by atoms with Crippen molar-refractivity contribution in [2.75, 3.05) is 22.9 Å². The van der Waals surface area contributed by atoms with Crippen LogP contribution in [-0.4, -0.2) is 40.1 Å². The fourth-order valence-corrected chi connectivity index (χ4v) is 4.64. The molecule has 0 spiro atoms. The Bertz CT molecular complexity index is 1320. The summed E-state index contributed by atoms with van der Waals surface area (Å²) < 4.78 is 30.3. The van der Waals surface area contributed by atoms with Gasteiger partial charge in [0, 0.05) is 36.6 Å². The van der Waals surface area contributed by atoms with Gasteiger partial charge in [-0.1, -0.05) is 0 Å².